The van der Waals surface area contributed by atoms with E-state index in [1.165, 1.54) is 4.88 Å². The number of aliphatic hydroxyl groups is 1. The van der Waals surface area contributed by atoms with Crippen LogP contribution in [0.2, 0.25) is 10.3 Å². The average molecular weight is 475 g/mol. The van der Waals surface area contributed by atoms with Crippen LogP contribution in [-0.4, -0.2) is 42.3 Å². The van der Waals surface area contributed by atoms with Gasteiger partial charge in [0.2, 0.25) is 5.95 Å². The van der Waals surface area contributed by atoms with E-state index in [-0.39, 0.29) is 12.6 Å². The van der Waals surface area contributed by atoms with Gasteiger partial charge in [-0.3, -0.25) is 0 Å². The first kappa shape index (κ1) is 21.7. The van der Waals surface area contributed by atoms with Crippen LogP contribution in [0.1, 0.15) is 16.1 Å². The third kappa shape index (κ3) is 5.80. The van der Waals surface area contributed by atoms with Crippen molar-refractivity contribution >= 4 is 40.5 Å². The van der Waals surface area contributed by atoms with Gasteiger partial charge in [0.1, 0.15) is 10.3 Å². The van der Waals surface area contributed by atoms with Crippen LogP contribution in [-0.2, 0) is 13.0 Å². The molecule has 0 unspecified atom stereocenters. The molecule has 0 radical (unpaired) electrons. The fourth-order valence-corrected chi connectivity index (χ4v) is 4.49. The molecule has 4 aromatic heterocycles. The average Bonchev–Trinajstić information content (AvgIpc) is 3.36. The first-order valence-electron chi connectivity index (χ1n) is 9.58. The van der Waals surface area contributed by atoms with Crippen LogP contribution >= 0.6 is 34.5 Å². The number of hydrogen-bond donors (Lipinski definition) is 2. The minimum absolute atomic E-state index is 0.0753. The summed E-state index contributed by atoms with van der Waals surface area (Å²) in [6, 6.07) is 9.26. The minimum atomic E-state index is -0.270. The van der Waals surface area contributed by atoms with Gasteiger partial charge in [-0.05, 0) is 42.8 Å². The van der Waals surface area contributed by atoms with Crippen molar-refractivity contribution in [3.63, 3.8) is 0 Å². The molecule has 0 saturated carbocycles. The van der Waals surface area contributed by atoms with Crippen LogP contribution in [0.15, 0.2) is 49.1 Å². The lowest BCUT2D eigenvalue weighted by Gasteiger charge is -2.15. The second kappa shape index (κ2) is 9.74. The van der Waals surface area contributed by atoms with E-state index in [1.807, 2.05) is 22.9 Å². The smallest absolute Gasteiger partial charge is 0.223 e. The van der Waals surface area contributed by atoms with Gasteiger partial charge in [-0.1, -0.05) is 23.2 Å². The molecule has 1 atom stereocenters. The molecule has 0 aliphatic heterocycles. The number of aromatic nitrogens is 5. The Morgan fingerprint density at radius 3 is 2.65 bits per heavy atom. The molecule has 160 valence electrons. The zero-order valence-electron chi connectivity index (χ0n) is 16.7. The lowest BCUT2D eigenvalue weighted by atomic mass is 10.2. The Hall–Kier alpha value is -2.52. The third-order valence-electron chi connectivity index (χ3n) is 4.53. The van der Waals surface area contributed by atoms with E-state index in [9.17, 15) is 5.11 Å². The van der Waals surface area contributed by atoms with Crippen LogP contribution < -0.4 is 5.32 Å². The monoisotopic (exact) mass is 474 g/mol. The lowest BCUT2D eigenvalue weighted by molar-refractivity contribution is 0.272. The van der Waals surface area contributed by atoms with Gasteiger partial charge in [0, 0.05) is 30.2 Å². The molecule has 4 aromatic rings. The standard InChI is InChI=1S/C21H20Cl2N6OS/c1-13-2-3-18(31-13)17-4-5-24-21(27-17)26-16(11-30)8-15-10-29(12-25-15)9-14-6-19(22)28-20(23)7-14/h2-7,10,12,16,30H,8-9,11H2,1H3,(H,24,26,27)/t16-/m0/s1. The largest absolute Gasteiger partial charge is 0.394 e. The predicted molar refractivity (Wildman–Crippen MR) is 124 cm³/mol. The third-order valence-corrected chi connectivity index (χ3v) is 5.94. The molecule has 0 aliphatic carbocycles. The first-order chi connectivity index (χ1) is 15.0. The van der Waals surface area contributed by atoms with Gasteiger partial charge in [0.15, 0.2) is 0 Å². The van der Waals surface area contributed by atoms with Crippen molar-refractivity contribution in [2.24, 2.45) is 0 Å². The highest BCUT2D eigenvalue weighted by molar-refractivity contribution is 7.15. The number of nitrogens with one attached hydrogen (secondary N) is 1. The number of pyridine rings is 1. The maximum Gasteiger partial charge on any atom is 0.223 e. The number of rotatable bonds is 8. The zero-order chi connectivity index (χ0) is 21.8. The van der Waals surface area contributed by atoms with Crippen LogP contribution in [0.25, 0.3) is 10.6 Å². The van der Waals surface area contributed by atoms with Crippen LogP contribution in [0.4, 0.5) is 5.95 Å². The van der Waals surface area contributed by atoms with Gasteiger partial charge in [0.25, 0.3) is 0 Å². The van der Waals surface area contributed by atoms with Gasteiger partial charge in [-0.2, -0.15) is 0 Å². The van der Waals surface area contributed by atoms with E-state index in [0.29, 0.717) is 29.2 Å². The number of anilines is 1. The van der Waals surface area contributed by atoms with Gasteiger partial charge >= 0.3 is 0 Å². The van der Waals surface area contributed by atoms with Crippen LogP contribution in [0.3, 0.4) is 0 Å². The van der Waals surface area contributed by atoms with E-state index >= 15 is 0 Å². The molecular formula is C21H20Cl2N6OS. The van der Waals surface area contributed by atoms with Crippen molar-refractivity contribution in [1.82, 2.24) is 24.5 Å². The second-order valence-electron chi connectivity index (χ2n) is 7.06. The van der Waals surface area contributed by atoms with Gasteiger partial charge in [-0.15, -0.1) is 11.3 Å². The molecule has 0 spiro atoms. The number of halogens is 2. The minimum Gasteiger partial charge on any atom is -0.394 e. The predicted octanol–water partition coefficient (Wildman–Crippen LogP) is 4.48. The molecule has 0 amide bonds. The van der Waals surface area contributed by atoms with E-state index in [1.54, 1.807) is 36.0 Å². The fourth-order valence-electron chi connectivity index (χ4n) is 3.15. The molecule has 7 nitrogen and oxygen atoms in total. The molecule has 0 aliphatic rings. The van der Waals surface area contributed by atoms with Crippen molar-refractivity contribution in [3.05, 3.63) is 75.5 Å². The summed E-state index contributed by atoms with van der Waals surface area (Å²) >= 11 is 13.6. The van der Waals surface area contributed by atoms with Crippen molar-refractivity contribution in [2.45, 2.75) is 25.9 Å². The SMILES string of the molecule is Cc1ccc(-c2ccnc(N[C@H](CO)Cc3cn(Cc4cc(Cl)nc(Cl)c4)cn3)n2)s1. The molecule has 4 heterocycles. The number of nitrogens with zero attached hydrogens (tertiary/aromatic N) is 5. The Kier molecular flexibility index (Phi) is 6.82. The molecule has 2 N–H and O–H groups in total. The maximum absolute atomic E-state index is 9.85. The summed E-state index contributed by atoms with van der Waals surface area (Å²) in [6.45, 7) is 2.55. The van der Waals surface area contributed by atoms with E-state index in [4.69, 9.17) is 23.2 Å². The molecule has 0 bridgehead atoms. The summed E-state index contributed by atoms with van der Waals surface area (Å²) in [5, 5.41) is 13.8. The molecule has 10 heteroatoms. The van der Waals surface area contributed by atoms with Crippen molar-refractivity contribution < 1.29 is 5.11 Å². The van der Waals surface area contributed by atoms with Gasteiger partial charge < -0.3 is 15.0 Å². The normalized spacial score (nSPS) is 12.1. The fraction of sp³-hybridized carbons (Fsp3) is 0.238. The van der Waals surface area contributed by atoms with Gasteiger partial charge in [-0.25, -0.2) is 19.9 Å². The summed E-state index contributed by atoms with van der Waals surface area (Å²) in [5.41, 5.74) is 2.62. The summed E-state index contributed by atoms with van der Waals surface area (Å²) in [4.78, 5) is 19.6. The number of hydrogen-bond acceptors (Lipinski definition) is 7. The van der Waals surface area contributed by atoms with E-state index in [0.717, 1.165) is 21.8 Å². The Morgan fingerprint density at radius 1 is 1.13 bits per heavy atom. The first-order valence-corrected chi connectivity index (χ1v) is 11.2. The lowest BCUT2D eigenvalue weighted by Crippen LogP contribution is -2.27. The Labute approximate surface area is 193 Å². The Balaban J connectivity index is 1.42. The second-order valence-corrected chi connectivity index (χ2v) is 9.12. The Bertz CT molecular complexity index is 1160. The van der Waals surface area contributed by atoms with Gasteiger partial charge in [0.05, 0.1) is 35.2 Å². The topological polar surface area (TPSA) is 88.8 Å². The Morgan fingerprint density at radius 2 is 1.94 bits per heavy atom. The highest BCUT2D eigenvalue weighted by atomic mass is 35.5. The number of aryl methyl sites for hydroxylation is 1. The molecular weight excluding hydrogens is 455 g/mol. The summed E-state index contributed by atoms with van der Waals surface area (Å²) in [5.74, 6) is 0.475. The number of imidazole rings is 1. The molecule has 0 fully saturated rings. The molecule has 31 heavy (non-hydrogen) atoms. The van der Waals surface area contributed by atoms with E-state index < -0.39 is 0 Å². The van der Waals surface area contributed by atoms with Crippen molar-refractivity contribution in [1.29, 1.82) is 0 Å². The van der Waals surface area contributed by atoms with Crippen molar-refractivity contribution in [2.75, 3.05) is 11.9 Å². The number of thiophene rings is 1. The summed E-state index contributed by atoms with van der Waals surface area (Å²) in [6.07, 6.45) is 5.90. The number of aliphatic hydroxyl groups excluding tert-OH is 1. The summed E-state index contributed by atoms with van der Waals surface area (Å²) in [7, 11) is 0. The zero-order valence-corrected chi connectivity index (χ0v) is 19.0. The molecule has 0 aromatic carbocycles. The summed E-state index contributed by atoms with van der Waals surface area (Å²) < 4.78 is 1.93. The van der Waals surface area contributed by atoms with Crippen LogP contribution in [0, 0.1) is 6.92 Å². The highest BCUT2D eigenvalue weighted by Gasteiger charge is 2.13. The molecule has 0 saturated heterocycles. The maximum atomic E-state index is 9.85. The molecule has 4 rings (SSSR count). The quantitative estimate of drug-likeness (QED) is 0.366. The van der Waals surface area contributed by atoms with E-state index in [2.05, 4.69) is 38.2 Å². The highest BCUT2D eigenvalue weighted by Crippen LogP contribution is 2.26. The van der Waals surface area contributed by atoms with Crippen molar-refractivity contribution in [3.8, 4) is 10.6 Å². The van der Waals surface area contributed by atoms with Crippen LogP contribution in [0.5, 0.6) is 0 Å².